The molecule has 4 nitrogen and oxygen atoms in total. The molecule has 2 atom stereocenters. The van der Waals surface area contributed by atoms with Gasteiger partial charge >= 0.3 is 5.97 Å². The first kappa shape index (κ1) is 13.8. The van der Waals surface area contributed by atoms with Crippen molar-refractivity contribution in [2.75, 3.05) is 26.7 Å². The normalized spacial score (nSPS) is 32.6. The number of fused-ring (bicyclic) bond motifs is 3. The van der Waals surface area contributed by atoms with E-state index >= 15 is 0 Å². The molecule has 104 valence electrons. The average molecular weight is 254 g/mol. The maximum absolute atomic E-state index is 11.8. The molecule has 3 fully saturated rings. The van der Waals surface area contributed by atoms with Crippen LogP contribution in [0.4, 0.5) is 0 Å². The first-order valence-corrected chi connectivity index (χ1v) is 7.16. The smallest absolute Gasteiger partial charge is 0.322 e. The molecule has 0 saturated carbocycles. The van der Waals surface area contributed by atoms with E-state index in [1.807, 2.05) is 0 Å². The monoisotopic (exact) mass is 254 g/mol. The molecule has 0 aromatic rings. The van der Waals surface area contributed by atoms with Crippen LogP contribution in [0.15, 0.2) is 0 Å². The molecule has 2 bridgehead atoms. The van der Waals surface area contributed by atoms with E-state index < -0.39 is 0 Å². The molecule has 18 heavy (non-hydrogen) atoms. The molecule has 0 radical (unpaired) electrons. The van der Waals surface area contributed by atoms with E-state index in [0.29, 0.717) is 12.0 Å². The highest BCUT2D eigenvalue weighted by molar-refractivity contribution is 5.75. The third-order valence-corrected chi connectivity index (χ3v) is 4.26. The number of methoxy groups -OCH3 is 1. The Morgan fingerprint density at radius 3 is 2.50 bits per heavy atom. The summed E-state index contributed by atoms with van der Waals surface area (Å²) < 4.78 is 4.92. The van der Waals surface area contributed by atoms with Gasteiger partial charge in [0.25, 0.3) is 0 Å². The van der Waals surface area contributed by atoms with Crippen molar-refractivity contribution in [2.45, 2.75) is 45.2 Å². The van der Waals surface area contributed by atoms with Crippen molar-refractivity contribution in [2.24, 2.45) is 11.8 Å². The second kappa shape index (κ2) is 6.02. The minimum atomic E-state index is -0.138. The predicted octanol–water partition coefficient (Wildman–Crippen LogP) is 1.26. The molecule has 0 aliphatic carbocycles. The summed E-state index contributed by atoms with van der Waals surface area (Å²) in [5, 5.41) is 3.55. The van der Waals surface area contributed by atoms with Gasteiger partial charge in [0.05, 0.1) is 7.11 Å². The van der Waals surface area contributed by atoms with Gasteiger partial charge in [-0.3, -0.25) is 4.79 Å². The predicted molar refractivity (Wildman–Crippen MR) is 71.3 cm³/mol. The first-order valence-electron chi connectivity index (χ1n) is 7.16. The Labute approximate surface area is 110 Å². The summed E-state index contributed by atoms with van der Waals surface area (Å²) in [6.45, 7) is 7.85. The van der Waals surface area contributed by atoms with Crippen LogP contribution in [0.5, 0.6) is 0 Å². The standard InChI is InChI=1S/C14H26N2O2/c1-10(2)8-12(14(17)18-3)15-13-9-16-6-4-11(13)5-7-16/h10-13,15H,4-9H2,1-3H3. The summed E-state index contributed by atoms with van der Waals surface area (Å²) in [4.78, 5) is 14.3. The van der Waals surface area contributed by atoms with Crippen LogP contribution in [0.3, 0.4) is 0 Å². The van der Waals surface area contributed by atoms with Gasteiger partial charge in [-0.2, -0.15) is 0 Å². The zero-order valence-electron chi connectivity index (χ0n) is 11.8. The van der Waals surface area contributed by atoms with Crippen molar-refractivity contribution < 1.29 is 9.53 Å². The van der Waals surface area contributed by atoms with Gasteiger partial charge in [0.15, 0.2) is 0 Å². The van der Waals surface area contributed by atoms with Gasteiger partial charge in [-0.05, 0) is 44.2 Å². The molecule has 0 aromatic carbocycles. The summed E-state index contributed by atoms with van der Waals surface area (Å²) in [6, 6.07) is 0.330. The number of nitrogens with one attached hydrogen (secondary N) is 1. The van der Waals surface area contributed by atoms with Gasteiger partial charge < -0.3 is 15.0 Å². The lowest BCUT2D eigenvalue weighted by molar-refractivity contribution is -0.144. The maximum atomic E-state index is 11.8. The maximum Gasteiger partial charge on any atom is 0.322 e. The lowest BCUT2D eigenvalue weighted by Crippen LogP contribution is -2.59. The van der Waals surface area contributed by atoms with Gasteiger partial charge in [0.1, 0.15) is 6.04 Å². The van der Waals surface area contributed by atoms with Gasteiger partial charge in [-0.15, -0.1) is 0 Å². The Bertz CT molecular complexity index is 286. The molecule has 3 heterocycles. The SMILES string of the molecule is COC(=O)C(CC(C)C)NC1CN2CCC1CC2. The van der Waals surface area contributed by atoms with E-state index in [1.165, 1.54) is 33.0 Å². The molecular weight excluding hydrogens is 228 g/mol. The Balaban J connectivity index is 1.93. The highest BCUT2D eigenvalue weighted by Crippen LogP contribution is 2.28. The van der Waals surface area contributed by atoms with E-state index in [2.05, 4.69) is 24.1 Å². The number of piperidine rings is 3. The van der Waals surface area contributed by atoms with Gasteiger partial charge in [-0.25, -0.2) is 0 Å². The Hall–Kier alpha value is -0.610. The van der Waals surface area contributed by atoms with Gasteiger partial charge in [0, 0.05) is 12.6 Å². The summed E-state index contributed by atoms with van der Waals surface area (Å²) in [5.41, 5.74) is 0. The number of carbonyl (C=O) groups is 1. The summed E-state index contributed by atoms with van der Waals surface area (Å²) >= 11 is 0. The third-order valence-electron chi connectivity index (χ3n) is 4.26. The molecule has 3 rings (SSSR count). The topological polar surface area (TPSA) is 41.6 Å². The van der Waals surface area contributed by atoms with Crippen molar-refractivity contribution in [3.63, 3.8) is 0 Å². The fourth-order valence-electron chi connectivity index (χ4n) is 3.26. The van der Waals surface area contributed by atoms with Crippen LogP contribution in [0.2, 0.25) is 0 Å². The molecule has 0 spiro atoms. The van der Waals surface area contributed by atoms with Crippen LogP contribution >= 0.6 is 0 Å². The fourth-order valence-corrected chi connectivity index (χ4v) is 3.26. The van der Waals surface area contributed by atoms with Crippen molar-refractivity contribution in [3.8, 4) is 0 Å². The van der Waals surface area contributed by atoms with Crippen molar-refractivity contribution in [1.82, 2.24) is 10.2 Å². The second-order valence-electron chi connectivity index (χ2n) is 6.12. The Morgan fingerprint density at radius 1 is 1.39 bits per heavy atom. The fraction of sp³-hybridized carbons (Fsp3) is 0.929. The largest absolute Gasteiger partial charge is 0.468 e. The van der Waals surface area contributed by atoms with Crippen molar-refractivity contribution in [1.29, 1.82) is 0 Å². The van der Waals surface area contributed by atoms with Gasteiger partial charge in [0.2, 0.25) is 0 Å². The van der Waals surface area contributed by atoms with Gasteiger partial charge in [-0.1, -0.05) is 13.8 Å². The minimum absolute atomic E-state index is 0.111. The highest BCUT2D eigenvalue weighted by atomic mass is 16.5. The summed E-state index contributed by atoms with van der Waals surface area (Å²) in [7, 11) is 1.48. The number of hydrogen-bond donors (Lipinski definition) is 1. The molecule has 0 aromatic heterocycles. The van der Waals surface area contributed by atoms with E-state index in [-0.39, 0.29) is 12.0 Å². The number of rotatable bonds is 5. The van der Waals surface area contributed by atoms with Crippen LogP contribution < -0.4 is 5.32 Å². The molecule has 0 amide bonds. The zero-order valence-corrected chi connectivity index (χ0v) is 11.8. The van der Waals surface area contributed by atoms with Crippen molar-refractivity contribution >= 4 is 5.97 Å². The number of ether oxygens (including phenoxy) is 1. The molecule has 3 aliphatic rings. The van der Waals surface area contributed by atoms with E-state index in [4.69, 9.17) is 4.74 Å². The quantitative estimate of drug-likeness (QED) is 0.750. The zero-order chi connectivity index (χ0) is 13.1. The lowest BCUT2D eigenvalue weighted by Gasteiger charge is -2.46. The molecule has 1 N–H and O–H groups in total. The van der Waals surface area contributed by atoms with E-state index in [9.17, 15) is 4.79 Å². The third kappa shape index (κ3) is 3.23. The molecule has 2 unspecified atom stereocenters. The number of esters is 1. The first-order chi connectivity index (χ1) is 8.60. The van der Waals surface area contributed by atoms with Crippen LogP contribution in [-0.4, -0.2) is 49.7 Å². The number of hydrogen-bond acceptors (Lipinski definition) is 4. The molecule has 4 heteroatoms. The Morgan fingerprint density at radius 2 is 2.06 bits per heavy atom. The number of nitrogens with zero attached hydrogens (tertiary/aromatic N) is 1. The van der Waals surface area contributed by atoms with Crippen LogP contribution in [-0.2, 0) is 9.53 Å². The minimum Gasteiger partial charge on any atom is -0.468 e. The van der Waals surface area contributed by atoms with Crippen LogP contribution in [0.25, 0.3) is 0 Å². The highest BCUT2D eigenvalue weighted by Gasteiger charge is 2.36. The van der Waals surface area contributed by atoms with E-state index in [1.54, 1.807) is 0 Å². The second-order valence-corrected chi connectivity index (χ2v) is 6.12. The van der Waals surface area contributed by atoms with Crippen molar-refractivity contribution in [3.05, 3.63) is 0 Å². The molecule has 3 aliphatic heterocycles. The Kier molecular flexibility index (Phi) is 4.62. The molecule has 3 saturated heterocycles. The summed E-state index contributed by atoms with van der Waals surface area (Å²) in [6.07, 6.45) is 3.40. The van der Waals surface area contributed by atoms with Crippen LogP contribution in [0.1, 0.15) is 33.1 Å². The molecular formula is C14H26N2O2. The van der Waals surface area contributed by atoms with E-state index in [0.717, 1.165) is 18.9 Å². The average Bonchev–Trinajstić information content (AvgIpc) is 2.38. The number of carbonyl (C=O) groups excluding carboxylic acids is 1. The van der Waals surface area contributed by atoms with Crippen LogP contribution in [0, 0.1) is 11.8 Å². The lowest BCUT2D eigenvalue weighted by atomic mass is 9.83. The summed E-state index contributed by atoms with van der Waals surface area (Å²) in [5.74, 6) is 1.14.